The highest BCUT2D eigenvalue weighted by atomic mass is 16.2. The van der Waals surface area contributed by atoms with E-state index in [4.69, 9.17) is 0 Å². The van der Waals surface area contributed by atoms with Gasteiger partial charge in [0.25, 0.3) is 5.91 Å². The fraction of sp³-hybridized carbons (Fsp3) is 0.556. The van der Waals surface area contributed by atoms with Crippen molar-refractivity contribution in [1.82, 2.24) is 14.7 Å². The van der Waals surface area contributed by atoms with E-state index in [1.165, 1.54) is 0 Å². The van der Waals surface area contributed by atoms with Crippen LogP contribution in [0.25, 0.3) is 0 Å². The van der Waals surface area contributed by atoms with Crippen LogP contribution in [0.4, 0.5) is 0 Å². The monoisotopic (exact) mass is 181 g/mol. The molecule has 1 aromatic heterocycles. The van der Waals surface area contributed by atoms with Crippen molar-refractivity contribution in [3.05, 3.63) is 18.0 Å². The maximum absolute atomic E-state index is 11.8. The molecule has 0 saturated carbocycles. The van der Waals surface area contributed by atoms with Crippen molar-refractivity contribution in [2.24, 2.45) is 7.05 Å². The predicted molar refractivity (Wildman–Crippen MR) is 50.5 cm³/mol. The molecule has 0 fully saturated rings. The minimum absolute atomic E-state index is 0.0463. The van der Waals surface area contributed by atoms with Crippen LogP contribution in [0.5, 0.6) is 0 Å². The molecule has 1 aromatic rings. The Morgan fingerprint density at radius 2 is 2.15 bits per heavy atom. The minimum Gasteiger partial charge on any atom is -0.338 e. The summed E-state index contributed by atoms with van der Waals surface area (Å²) in [5.74, 6) is 0.0463. The molecular formula is C9H15N3O. The summed E-state index contributed by atoms with van der Waals surface area (Å²) in [4.78, 5) is 13.5. The van der Waals surface area contributed by atoms with Crippen molar-refractivity contribution in [3.63, 3.8) is 0 Å². The quantitative estimate of drug-likeness (QED) is 0.695. The summed E-state index contributed by atoms with van der Waals surface area (Å²) in [6, 6.07) is 1.74. The molecule has 4 nitrogen and oxygen atoms in total. The fourth-order valence-electron chi connectivity index (χ4n) is 1.26. The largest absolute Gasteiger partial charge is 0.338 e. The molecule has 72 valence electrons. The first-order chi connectivity index (χ1) is 6.20. The lowest BCUT2D eigenvalue weighted by atomic mass is 10.3. The second-order valence-electron chi connectivity index (χ2n) is 2.82. The molecule has 1 rings (SSSR count). The van der Waals surface area contributed by atoms with Crippen LogP contribution in [0.3, 0.4) is 0 Å². The maximum Gasteiger partial charge on any atom is 0.272 e. The lowest BCUT2D eigenvalue weighted by molar-refractivity contribution is 0.0762. The standard InChI is InChI=1S/C9H15N3O/c1-4-12(5-2)9(13)8-6-7-10-11(8)3/h6-7H,4-5H2,1-3H3. The molecule has 1 amide bonds. The third-order valence-electron chi connectivity index (χ3n) is 2.09. The van der Waals surface area contributed by atoms with Gasteiger partial charge in [0.15, 0.2) is 0 Å². The zero-order valence-electron chi connectivity index (χ0n) is 8.32. The molecule has 1 heterocycles. The Morgan fingerprint density at radius 1 is 1.54 bits per heavy atom. The van der Waals surface area contributed by atoms with Crippen LogP contribution < -0.4 is 0 Å². The van der Waals surface area contributed by atoms with Gasteiger partial charge in [0.05, 0.1) is 0 Å². The third kappa shape index (κ3) is 1.88. The number of hydrogen-bond acceptors (Lipinski definition) is 2. The highest BCUT2D eigenvalue weighted by Gasteiger charge is 2.14. The number of aromatic nitrogens is 2. The zero-order valence-corrected chi connectivity index (χ0v) is 8.32. The number of carbonyl (C=O) groups is 1. The topological polar surface area (TPSA) is 38.1 Å². The number of carbonyl (C=O) groups excluding carboxylic acids is 1. The van der Waals surface area contributed by atoms with Crippen LogP contribution >= 0.6 is 0 Å². The van der Waals surface area contributed by atoms with E-state index in [-0.39, 0.29) is 5.91 Å². The van der Waals surface area contributed by atoms with Crippen molar-refractivity contribution in [1.29, 1.82) is 0 Å². The number of aryl methyl sites for hydroxylation is 1. The Morgan fingerprint density at radius 3 is 2.54 bits per heavy atom. The average Bonchev–Trinajstić information content (AvgIpc) is 2.53. The molecule has 0 saturated heterocycles. The van der Waals surface area contributed by atoms with Gasteiger partial charge in [-0.25, -0.2) is 0 Å². The molecule has 0 N–H and O–H groups in total. The summed E-state index contributed by atoms with van der Waals surface area (Å²) in [5.41, 5.74) is 0.642. The van der Waals surface area contributed by atoms with Gasteiger partial charge in [0.1, 0.15) is 5.69 Å². The number of nitrogens with zero attached hydrogens (tertiary/aromatic N) is 3. The number of hydrogen-bond donors (Lipinski definition) is 0. The minimum atomic E-state index is 0.0463. The van der Waals surface area contributed by atoms with Gasteiger partial charge in [-0.2, -0.15) is 5.10 Å². The zero-order chi connectivity index (χ0) is 9.84. The molecule has 0 bridgehead atoms. The normalized spacial score (nSPS) is 10.1. The van der Waals surface area contributed by atoms with Gasteiger partial charge in [0.2, 0.25) is 0 Å². The highest BCUT2D eigenvalue weighted by Crippen LogP contribution is 2.02. The third-order valence-corrected chi connectivity index (χ3v) is 2.09. The Hall–Kier alpha value is -1.32. The second-order valence-corrected chi connectivity index (χ2v) is 2.82. The lowest BCUT2D eigenvalue weighted by Gasteiger charge is -2.18. The van der Waals surface area contributed by atoms with E-state index >= 15 is 0 Å². The summed E-state index contributed by atoms with van der Waals surface area (Å²) < 4.78 is 1.60. The molecule has 0 radical (unpaired) electrons. The average molecular weight is 181 g/mol. The van der Waals surface area contributed by atoms with E-state index in [9.17, 15) is 4.79 Å². The Labute approximate surface area is 78.1 Å². The van der Waals surface area contributed by atoms with E-state index < -0.39 is 0 Å². The molecule has 0 unspecified atom stereocenters. The Bertz CT molecular complexity index is 289. The predicted octanol–water partition coefficient (Wildman–Crippen LogP) is 0.902. The van der Waals surface area contributed by atoms with Gasteiger partial charge in [-0.1, -0.05) is 0 Å². The second kappa shape index (κ2) is 4.07. The molecule has 0 aliphatic carbocycles. The van der Waals surface area contributed by atoms with Crippen molar-refractivity contribution in [2.45, 2.75) is 13.8 Å². The van der Waals surface area contributed by atoms with Crippen LogP contribution in [0, 0.1) is 0 Å². The van der Waals surface area contributed by atoms with Gasteiger partial charge in [-0.15, -0.1) is 0 Å². The number of rotatable bonds is 3. The molecule has 4 heteroatoms. The van der Waals surface area contributed by atoms with Crippen molar-refractivity contribution >= 4 is 5.91 Å². The molecular weight excluding hydrogens is 166 g/mol. The van der Waals surface area contributed by atoms with Crippen molar-refractivity contribution < 1.29 is 4.79 Å². The first kappa shape index (κ1) is 9.77. The van der Waals surface area contributed by atoms with Crippen molar-refractivity contribution in [2.75, 3.05) is 13.1 Å². The van der Waals surface area contributed by atoms with Crippen LogP contribution in [-0.4, -0.2) is 33.7 Å². The van der Waals surface area contributed by atoms with E-state index in [0.717, 1.165) is 13.1 Å². The van der Waals surface area contributed by atoms with Gasteiger partial charge >= 0.3 is 0 Å². The molecule has 13 heavy (non-hydrogen) atoms. The Balaban J connectivity index is 2.84. The van der Waals surface area contributed by atoms with Crippen molar-refractivity contribution in [3.8, 4) is 0 Å². The summed E-state index contributed by atoms with van der Waals surface area (Å²) in [7, 11) is 1.77. The maximum atomic E-state index is 11.8. The van der Waals surface area contributed by atoms with Gasteiger partial charge in [0, 0.05) is 26.3 Å². The molecule has 0 spiro atoms. The van der Waals surface area contributed by atoms with Gasteiger partial charge in [-0.3, -0.25) is 9.48 Å². The van der Waals surface area contributed by atoms with Crippen LogP contribution in [0.2, 0.25) is 0 Å². The van der Waals surface area contributed by atoms with E-state index in [1.54, 1.807) is 28.9 Å². The van der Waals surface area contributed by atoms with Crippen LogP contribution in [-0.2, 0) is 7.05 Å². The van der Waals surface area contributed by atoms with E-state index in [2.05, 4.69) is 5.10 Å². The number of amides is 1. The molecule has 0 aliphatic rings. The van der Waals surface area contributed by atoms with E-state index in [0.29, 0.717) is 5.69 Å². The fourth-order valence-corrected chi connectivity index (χ4v) is 1.26. The lowest BCUT2D eigenvalue weighted by Crippen LogP contribution is -2.31. The van der Waals surface area contributed by atoms with Gasteiger partial charge in [-0.05, 0) is 19.9 Å². The van der Waals surface area contributed by atoms with Gasteiger partial charge < -0.3 is 4.90 Å². The molecule has 0 aliphatic heterocycles. The molecule has 0 atom stereocenters. The van der Waals surface area contributed by atoms with Crippen LogP contribution in [0.1, 0.15) is 24.3 Å². The Kier molecular flexibility index (Phi) is 3.06. The van der Waals surface area contributed by atoms with E-state index in [1.807, 2.05) is 13.8 Å². The summed E-state index contributed by atoms with van der Waals surface area (Å²) >= 11 is 0. The SMILES string of the molecule is CCN(CC)C(=O)c1ccnn1C. The smallest absolute Gasteiger partial charge is 0.272 e. The summed E-state index contributed by atoms with van der Waals surface area (Å²) in [5, 5.41) is 3.96. The summed E-state index contributed by atoms with van der Waals surface area (Å²) in [6.45, 7) is 5.41. The highest BCUT2D eigenvalue weighted by molar-refractivity contribution is 5.92. The summed E-state index contributed by atoms with van der Waals surface area (Å²) in [6.07, 6.45) is 1.64. The first-order valence-electron chi connectivity index (χ1n) is 4.48. The van der Waals surface area contributed by atoms with Crippen LogP contribution in [0.15, 0.2) is 12.3 Å². The first-order valence-corrected chi connectivity index (χ1v) is 4.48. The molecule has 0 aromatic carbocycles.